The van der Waals surface area contributed by atoms with Gasteiger partial charge in [0.15, 0.2) is 0 Å². The fourth-order valence-corrected chi connectivity index (χ4v) is 2.23. The van der Waals surface area contributed by atoms with E-state index in [9.17, 15) is 4.79 Å². The van der Waals surface area contributed by atoms with Gasteiger partial charge in [-0.15, -0.1) is 0 Å². The topological polar surface area (TPSA) is 64.4 Å². The normalized spacial score (nSPS) is 14.4. The number of oxazole rings is 1. The third kappa shape index (κ3) is 3.23. The number of hydrogen-bond donors (Lipinski definition) is 1. The van der Waals surface area contributed by atoms with Crippen molar-refractivity contribution in [2.75, 3.05) is 19.9 Å². The summed E-state index contributed by atoms with van der Waals surface area (Å²) in [4.78, 5) is 15.9. The second-order valence-corrected chi connectivity index (χ2v) is 4.91. The van der Waals surface area contributed by atoms with Crippen LogP contribution in [0.4, 0.5) is 0 Å². The van der Waals surface area contributed by atoms with Crippen molar-refractivity contribution in [2.24, 2.45) is 0 Å². The molecule has 1 rings (SSSR count). The van der Waals surface area contributed by atoms with E-state index in [2.05, 4.69) is 10.3 Å². The van der Waals surface area contributed by atoms with Crippen molar-refractivity contribution in [1.82, 2.24) is 10.3 Å². The Bertz CT molecular complexity index is 386. The first-order valence-corrected chi connectivity index (χ1v) is 6.25. The van der Waals surface area contributed by atoms with E-state index in [0.29, 0.717) is 11.0 Å². The minimum Gasteiger partial charge on any atom is -0.468 e. The molecule has 5 nitrogen and oxygen atoms in total. The van der Waals surface area contributed by atoms with Crippen LogP contribution < -0.4 is 5.32 Å². The molecule has 1 aromatic heterocycles. The van der Waals surface area contributed by atoms with Crippen molar-refractivity contribution in [2.45, 2.75) is 31.5 Å². The molecule has 6 heteroatoms. The maximum absolute atomic E-state index is 11.6. The molecule has 96 valence electrons. The first kappa shape index (κ1) is 14.1. The fourth-order valence-electron chi connectivity index (χ4n) is 1.17. The number of nitrogens with zero attached hydrogens (tertiary/aromatic N) is 1. The Hall–Kier alpha value is -1.01. The predicted molar refractivity (Wildman–Crippen MR) is 66.2 cm³/mol. The van der Waals surface area contributed by atoms with Gasteiger partial charge < -0.3 is 14.5 Å². The molecule has 17 heavy (non-hydrogen) atoms. The van der Waals surface area contributed by atoms with Gasteiger partial charge in [-0.2, -0.15) is 0 Å². The van der Waals surface area contributed by atoms with Crippen LogP contribution in [-0.4, -0.2) is 36.4 Å². The lowest BCUT2D eigenvalue weighted by molar-refractivity contribution is -0.146. The van der Waals surface area contributed by atoms with Crippen LogP contribution in [0.1, 0.15) is 18.4 Å². The number of aryl methyl sites for hydroxylation is 2. The Kier molecular flexibility index (Phi) is 4.59. The van der Waals surface area contributed by atoms with Crippen molar-refractivity contribution in [1.29, 1.82) is 0 Å². The Balaban J connectivity index is 2.68. The summed E-state index contributed by atoms with van der Waals surface area (Å²) in [6.07, 6.45) is 0. The van der Waals surface area contributed by atoms with Crippen molar-refractivity contribution in [3.05, 3.63) is 11.5 Å². The van der Waals surface area contributed by atoms with Gasteiger partial charge in [0.05, 0.1) is 12.8 Å². The fraction of sp³-hybridized carbons (Fsp3) is 0.636. The highest BCUT2D eigenvalue weighted by Gasteiger charge is 2.33. The van der Waals surface area contributed by atoms with Crippen LogP contribution in [0.3, 0.4) is 0 Å². The van der Waals surface area contributed by atoms with Crippen molar-refractivity contribution in [3.8, 4) is 0 Å². The molecule has 0 saturated heterocycles. The quantitative estimate of drug-likeness (QED) is 0.638. The summed E-state index contributed by atoms with van der Waals surface area (Å²) in [5.74, 6) is 1.000. The molecule has 0 aromatic carbocycles. The van der Waals surface area contributed by atoms with E-state index in [0.717, 1.165) is 11.5 Å². The Morgan fingerprint density at radius 2 is 2.24 bits per heavy atom. The average molecular weight is 258 g/mol. The lowest BCUT2D eigenvalue weighted by atomic mass is 10.1. The molecular formula is C11H18N2O3S. The second-order valence-electron chi connectivity index (χ2n) is 3.98. The number of likely N-dealkylation sites (N-methyl/N-ethyl adjacent to an activating group) is 1. The van der Waals surface area contributed by atoms with E-state index in [4.69, 9.17) is 9.15 Å². The van der Waals surface area contributed by atoms with Crippen LogP contribution in [-0.2, 0) is 9.53 Å². The first-order valence-electron chi connectivity index (χ1n) is 5.27. The maximum Gasteiger partial charge on any atom is 0.326 e. The number of carbonyl (C=O) groups excluding carboxylic acids is 1. The molecule has 0 spiro atoms. The minimum atomic E-state index is -0.740. The minimum absolute atomic E-state index is 0.299. The summed E-state index contributed by atoms with van der Waals surface area (Å²) >= 11 is 1.39. The van der Waals surface area contributed by atoms with Crippen molar-refractivity contribution >= 4 is 17.7 Å². The van der Waals surface area contributed by atoms with Gasteiger partial charge in [-0.1, -0.05) is 11.8 Å². The van der Waals surface area contributed by atoms with E-state index in [1.807, 2.05) is 13.8 Å². The molecule has 1 N–H and O–H groups in total. The molecule has 0 fully saturated rings. The maximum atomic E-state index is 11.6. The molecule has 0 bridgehead atoms. The molecule has 1 aromatic rings. The molecule has 0 aliphatic heterocycles. The number of aromatic nitrogens is 1. The van der Waals surface area contributed by atoms with Crippen LogP contribution in [0.5, 0.6) is 0 Å². The zero-order valence-electron chi connectivity index (χ0n) is 10.8. The average Bonchev–Trinajstić information content (AvgIpc) is 2.64. The number of methoxy groups -OCH3 is 1. The number of hydrogen-bond acceptors (Lipinski definition) is 6. The highest BCUT2D eigenvalue weighted by Crippen LogP contribution is 2.24. The van der Waals surface area contributed by atoms with E-state index in [1.165, 1.54) is 18.9 Å². The molecular weight excluding hydrogens is 240 g/mol. The molecule has 0 aliphatic rings. The largest absolute Gasteiger partial charge is 0.468 e. The summed E-state index contributed by atoms with van der Waals surface area (Å²) in [5, 5.41) is 3.53. The molecule has 1 heterocycles. The number of rotatable bonds is 5. The molecule has 0 amide bonds. The number of carbonyl (C=O) groups is 1. The van der Waals surface area contributed by atoms with Crippen molar-refractivity contribution in [3.63, 3.8) is 0 Å². The SMILES string of the molecule is CNC(C)(CSc1nc(C)c(C)o1)C(=O)OC. The third-order valence-electron chi connectivity index (χ3n) is 2.68. The number of ether oxygens (including phenoxy) is 1. The second kappa shape index (κ2) is 5.55. The van der Waals surface area contributed by atoms with Gasteiger partial charge in [0, 0.05) is 5.75 Å². The Morgan fingerprint density at radius 3 is 2.65 bits per heavy atom. The van der Waals surface area contributed by atoms with Gasteiger partial charge in [0.1, 0.15) is 11.3 Å². The molecule has 0 radical (unpaired) electrons. The summed E-state index contributed by atoms with van der Waals surface area (Å²) < 4.78 is 10.2. The smallest absolute Gasteiger partial charge is 0.326 e. The van der Waals surface area contributed by atoms with Gasteiger partial charge in [-0.3, -0.25) is 4.79 Å². The van der Waals surface area contributed by atoms with Gasteiger partial charge in [-0.25, -0.2) is 4.98 Å². The number of esters is 1. The lowest BCUT2D eigenvalue weighted by Crippen LogP contribution is -2.50. The number of thioether (sulfide) groups is 1. The zero-order chi connectivity index (χ0) is 13.1. The van der Waals surface area contributed by atoms with Crippen LogP contribution >= 0.6 is 11.8 Å². The Morgan fingerprint density at radius 1 is 1.59 bits per heavy atom. The molecule has 0 saturated carbocycles. The van der Waals surface area contributed by atoms with Crippen LogP contribution in [0, 0.1) is 13.8 Å². The molecule has 0 aliphatic carbocycles. The molecule has 1 unspecified atom stereocenters. The van der Waals surface area contributed by atoms with Gasteiger partial charge in [0.25, 0.3) is 5.22 Å². The Labute approximate surface area is 105 Å². The third-order valence-corrected chi connectivity index (χ3v) is 3.82. The predicted octanol–water partition coefficient (Wildman–Crippen LogP) is 1.53. The highest BCUT2D eigenvalue weighted by molar-refractivity contribution is 7.99. The highest BCUT2D eigenvalue weighted by atomic mass is 32.2. The van der Waals surface area contributed by atoms with E-state index < -0.39 is 5.54 Å². The van der Waals surface area contributed by atoms with E-state index in [-0.39, 0.29) is 5.97 Å². The van der Waals surface area contributed by atoms with Crippen LogP contribution in [0.15, 0.2) is 9.64 Å². The van der Waals surface area contributed by atoms with Gasteiger partial charge in [0.2, 0.25) is 0 Å². The standard InChI is InChI=1S/C11H18N2O3S/c1-7-8(2)16-10(13-7)17-6-11(3,12-4)9(14)15-5/h12H,6H2,1-5H3. The van der Waals surface area contributed by atoms with Crippen molar-refractivity contribution < 1.29 is 13.9 Å². The lowest BCUT2D eigenvalue weighted by Gasteiger charge is -2.24. The van der Waals surface area contributed by atoms with Gasteiger partial charge >= 0.3 is 5.97 Å². The molecule has 1 atom stereocenters. The monoisotopic (exact) mass is 258 g/mol. The zero-order valence-corrected chi connectivity index (χ0v) is 11.6. The van der Waals surface area contributed by atoms with E-state index >= 15 is 0 Å². The first-order chi connectivity index (χ1) is 7.92. The summed E-state index contributed by atoms with van der Waals surface area (Å²) in [7, 11) is 3.10. The summed E-state index contributed by atoms with van der Waals surface area (Å²) in [5.41, 5.74) is 0.132. The van der Waals surface area contributed by atoms with Gasteiger partial charge in [-0.05, 0) is 27.8 Å². The summed E-state index contributed by atoms with van der Waals surface area (Å²) in [6, 6.07) is 0. The number of nitrogens with one attached hydrogen (secondary N) is 1. The van der Waals surface area contributed by atoms with Crippen LogP contribution in [0.2, 0.25) is 0 Å². The van der Waals surface area contributed by atoms with E-state index in [1.54, 1.807) is 14.0 Å². The summed E-state index contributed by atoms with van der Waals surface area (Å²) in [6.45, 7) is 5.54. The van der Waals surface area contributed by atoms with Crippen LogP contribution in [0.25, 0.3) is 0 Å².